The largest absolute Gasteiger partial charge is 0.506 e. The van der Waals surface area contributed by atoms with Crippen LogP contribution in [-0.2, 0) is 0 Å². The van der Waals surface area contributed by atoms with Crippen molar-refractivity contribution >= 4 is 22.6 Å². The molecule has 3 rings (SSSR count). The van der Waals surface area contributed by atoms with E-state index in [2.05, 4.69) is 0 Å². The van der Waals surface area contributed by atoms with Gasteiger partial charge in [-0.2, -0.15) is 0 Å². The summed E-state index contributed by atoms with van der Waals surface area (Å²) < 4.78 is 11.2. The summed E-state index contributed by atoms with van der Waals surface area (Å²) in [6.07, 6.45) is 0. The first-order valence-electron chi connectivity index (χ1n) is 6.55. The number of hydrogen-bond acceptors (Lipinski definition) is 5. The summed E-state index contributed by atoms with van der Waals surface area (Å²) in [7, 11) is 0. The van der Waals surface area contributed by atoms with Crippen molar-refractivity contribution in [2.45, 2.75) is 5.92 Å². The molecular weight excluding hydrogens is 401 g/mol. The van der Waals surface area contributed by atoms with Crippen LogP contribution in [0.5, 0.6) is 17.2 Å². The second-order valence-electron chi connectivity index (χ2n) is 4.84. The zero-order chi connectivity index (χ0) is 15.7. The molecule has 1 aliphatic rings. The maximum atomic E-state index is 11.1. The topological polar surface area (TPSA) is 81.8 Å². The molecule has 1 atom stereocenters. The molecule has 1 heterocycles. The lowest BCUT2D eigenvalue weighted by atomic mass is 9.90. The van der Waals surface area contributed by atoms with Crippen LogP contribution in [0.25, 0.3) is 0 Å². The summed E-state index contributed by atoms with van der Waals surface area (Å²) >= 11 is 1.96. The van der Waals surface area contributed by atoms with Crippen LogP contribution < -0.4 is 9.47 Å². The Labute approximate surface area is 140 Å². The van der Waals surface area contributed by atoms with Gasteiger partial charge in [0.1, 0.15) is 9.32 Å². The average Bonchev–Trinajstić information content (AvgIpc) is 2.98. The van der Waals surface area contributed by atoms with E-state index in [4.69, 9.17) is 9.47 Å². The number of phenols is 1. The Bertz CT molecular complexity index is 720. The molecule has 7 heteroatoms. The summed E-state index contributed by atoms with van der Waals surface area (Å²) in [6.45, 7) is -0.229. The molecule has 0 bridgehead atoms. The molecule has 1 aliphatic heterocycles. The molecule has 0 unspecified atom stereocenters. The number of nitro groups is 1. The Morgan fingerprint density at radius 1 is 1.32 bits per heavy atom. The minimum Gasteiger partial charge on any atom is -0.506 e. The highest BCUT2D eigenvalue weighted by atomic mass is 127. The number of rotatable bonds is 4. The summed E-state index contributed by atoms with van der Waals surface area (Å²) in [5.74, 6) is 0.427. The minimum absolute atomic E-state index is 0.000512. The van der Waals surface area contributed by atoms with Gasteiger partial charge in [0, 0.05) is 10.5 Å². The van der Waals surface area contributed by atoms with E-state index < -0.39 is 5.92 Å². The predicted octanol–water partition coefficient (Wildman–Crippen LogP) is 3.13. The number of ether oxygens (including phenoxy) is 2. The van der Waals surface area contributed by atoms with Crippen LogP contribution in [0.2, 0.25) is 0 Å². The van der Waals surface area contributed by atoms with Crippen LogP contribution in [0.1, 0.15) is 17.0 Å². The molecule has 2 aromatic carbocycles. The second kappa shape index (κ2) is 5.99. The van der Waals surface area contributed by atoms with Gasteiger partial charge in [-0.3, -0.25) is 10.1 Å². The summed E-state index contributed by atoms with van der Waals surface area (Å²) in [4.78, 5) is 10.7. The third kappa shape index (κ3) is 2.68. The number of hydrogen-bond donors (Lipinski definition) is 1. The van der Waals surface area contributed by atoms with Gasteiger partial charge in [0.2, 0.25) is 13.3 Å². The second-order valence-corrected chi connectivity index (χ2v) is 5.92. The molecule has 0 fully saturated rings. The fraction of sp³-hybridized carbons (Fsp3) is 0.200. The molecule has 0 aromatic heterocycles. The molecule has 114 valence electrons. The Morgan fingerprint density at radius 2 is 2.05 bits per heavy atom. The van der Waals surface area contributed by atoms with Crippen molar-refractivity contribution in [2.75, 3.05) is 13.3 Å². The molecule has 22 heavy (non-hydrogen) atoms. The number of fused-ring (bicyclic) bond motifs is 1. The van der Waals surface area contributed by atoms with Gasteiger partial charge in [0.05, 0.1) is 5.92 Å². The maximum absolute atomic E-state index is 11.1. The van der Waals surface area contributed by atoms with Gasteiger partial charge in [-0.1, -0.05) is 30.3 Å². The maximum Gasteiger partial charge on any atom is 0.231 e. The van der Waals surface area contributed by atoms with Crippen LogP contribution in [0.4, 0.5) is 0 Å². The first-order chi connectivity index (χ1) is 10.6. The van der Waals surface area contributed by atoms with E-state index in [1.165, 1.54) is 0 Å². The first-order valence-corrected chi connectivity index (χ1v) is 7.63. The Balaban J connectivity index is 2.13. The Hall–Kier alpha value is -2.03. The molecule has 0 aliphatic carbocycles. The van der Waals surface area contributed by atoms with Crippen molar-refractivity contribution < 1.29 is 19.5 Å². The molecule has 6 nitrogen and oxygen atoms in total. The molecule has 0 saturated carbocycles. The number of nitrogens with zero attached hydrogens (tertiary/aromatic N) is 1. The standard InChI is InChI=1S/C15H12INO5/c16-13-14(18)10(6-12-15(13)22-8-21-12)11(7-17(19)20)9-4-2-1-3-5-9/h1-6,11,18H,7-8H2/t11-/m0/s1. The molecular formula is C15H12INO5. The van der Waals surface area contributed by atoms with Gasteiger partial charge in [-0.05, 0) is 34.2 Å². The van der Waals surface area contributed by atoms with Crippen LogP contribution in [-0.4, -0.2) is 23.4 Å². The van der Waals surface area contributed by atoms with Crippen molar-refractivity contribution in [3.05, 3.63) is 61.2 Å². The zero-order valence-corrected chi connectivity index (χ0v) is 13.5. The highest BCUT2D eigenvalue weighted by Gasteiger charge is 2.29. The van der Waals surface area contributed by atoms with E-state index in [-0.39, 0.29) is 24.0 Å². The lowest BCUT2D eigenvalue weighted by molar-refractivity contribution is -0.481. The molecule has 2 aromatic rings. The Kier molecular flexibility index (Phi) is 4.06. The quantitative estimate of drug-likeness (QED) is 0.473. The van der Waals surface area contributed by atoms with Crippen LogP contribution in [0.3, 0.4) is 0 Å². The monoisotopic (exact) mass is 413 g/mol. The summed E-state index contributed by atoms with van der Waals surface area (Å²) in [6, 6.07) is 10.7. The number of aromatic hydroxyl groups is 1. The van der Waals surface area contributed by atoms with E-state index in [0.717, 1.165) is 5.56 Å². The van der Waals surface area contributed by atoms with Crippen molar-refractivity contribution in [3.63, 3.8) is 0 Å². The van der Waals surface area contributed by atoms with Gasteiger partial charge in [0.15, 0.2) is 11.5 Å². The fourth-order valence-corrected chi connectivity index (χ4v) is 3.23. The lowest BCUT2D eigenvalue weighted by Gasteiger charge is -2.17. The van der Waals surface area contributed by atoms with E-state index in [1.807, 2.05) is 52.9 Å². The van der Waals surface area contributed by atoms with Crippen molar-refractivity contribution in [1.82, 2.24) is 0 Å². The highest BCUT2D eigenvalue weighted by molar-refractivity contribution is 14.1. The van der Waals surface area contributed by atoms with E-state index in [0.29, 0.717) is 20.6 Å². The average molecular weight is 413 g/mol. The molecule has 0 saturated heterocycles. The van der Waals surface area contributed by atoms with E-state index >= 15 is 0 Å². The number of phenolic OH excluding ortho intramolecular Hbond substituents is 1. The summed E-state index contributed by atoms with van der Waals surface area (Å²) in [5, 5.41) is 21.5. The van der Waals surface area contributed by atoms with Gasteiger partial charge >= 0.3 is 0 Å². The third-order valence-electron chi connectivity index (χ3n) is 3.52. The van der Waals surface area contributed by atoms with Crippen molar-refractivity contribution in [1.29, 1.82) is 0 Å². The third-order valence-corrected chi connectivity index (χ3v) is 4.52. The van der Waals surface area contributed by atoms with E-state index in [9.17, 15) is 15.2 Å². The fourth-order valence-electron chi connectivity index (χ4n) is 2.49. The SMILES string of the molecule is O=[N+]([O-])C[C@@H](c1ccccc1)c1cc2c(c(I)c1O)OCO2. The van der Waals surface area contributed by atoms with Crippen LogP contribution >= 0.6 is 22.6 Å². The van der Waals surface area contributed by atoms with Crippen molar-refractivity contribution in [2.24, 2.45) is 0 Å². The van der Waals surface area contributed by atoms with Gasteiger partial charge in [0.25, 0.3) is 0 Å². The van der Waals surface area contributed by atoms with Crippen molar-refractivity contribution in [3.8, 4) is 17.2 Å². The molecule has 1 N–H and O–H groups in total. The molecule has 0 spiro atoms. The zero-order valence-electron chi connectivity index (χ0n) is 11.4. The highest BCUT2D eigenvalue weighted by Crippen LogP contribution is 2.46. The first kappa shape index (κ1) is 14.9. The van der Waals surface area contributed by atoms with Crippen LogP contribution in [0.15, 0.2) is 36.4 Å². The van der Waals surface area contributed by atoms with Gasteiger partial charge < -0.3 is 14.6 Å². The molecule has 0 radical (unpaired) electrons. The number of benzene rings is 2. The number of halogens is 1. The summed E-state index contributed by atoms with van der Waals surface area (Å²) in [5.41, 5.74) is 1.24. The smallest absolute Gasteiger partial charge is 0.231 e. The van der Waals surface area contributed by atoms with Gasteiger partial charge in [-0.15, -0.1) is 0 Å². The van der Waals surface area contributed by atoms with E-state index in [1.54, 1.807) is 6.07 Å². The Morgan fingerprint density at radius 3 is 2.73 bits per heavy atom. The lowest BCUT2D eigenvalue weighted by Crippen LogP contribution is -2.14. The minimum atomic E-state index is -0.556. The molecule has 0 amide bonds. The normalized spacial score (nSPS) is 13.9. The van der Waals surface area contributed by atoms with Crippen LogP contribution in [0, 0.1) is 13.7 Å². The predicted molar refractivity (Wildman–Crippen MR) is 87.1 cm³/mol. The van der Waals surface area contributed by atoms with Gasteiger partial charge in [-0.25, -0.2) is 0 Å².